The number of ether oxygens (including phenoxy) is 1. The van der Waals surface area contributed by atoms with Crippen molar-refractivity contribution in [1.82, 2.24) is 24.6 Å². The van der Waals surface area contributed by atoms with Crippen LogP contribution in [0.25, 0.3) is 0 Å². The summed E-state index contributed by atoms with van der Waals surface area (Å²) < 4.78 is 7.94. The van der Waals surface area contributed by atoms with Gasteiger partial charge in [-0.3, -0.25) is 14.9 Å². The highest BCUT2D eigenvalue weighted by molar-refractivity contribution is 7.13. The maximum Gasteiger partial charge on any atom is 0.255 e. The van der Waals surface area contributed by atoms with Crippen molar-refractivity contribution < 1.29 is 14.3 Å². The predicted molar refractivity (Wildman–Crippen MR) is 173 cm³/mol. The molecule has 4 aromatic rings. The minimum Gasteiger partial charge on any atom is -0.384 e. The van der Waals surface area contributed by atoms with Gasteiger partial charge in [-0.2, -0.15) is 5.10 Å². The summed E-state index contributed by atoms with van der Waals surface area (Å²) in [6, 6.07) is 9.22. The normalized spacial score (nSPS) is 14.6. The van der Waals surface area contributed by atoms with E-state index in [2.05, 4.69) is 46.8 Å². The van der Waals surface area contributed by atoms with Gasteiger partial charge in [-0.05, 0) is 60.7 Å². The molecule has 10 nitrogen and oxygen atoms in total. The minimum absolute atomic E-state index is 0.232. The Morgan fingerprint density at radius 1 is 1.16 bits per heavy atom. The molecule has 2 amide bonds. The van der Waals surface area contributed by atoms with Gasteiger partial charge in [-0.1, -0.05) is 37.5 Å². The number of amides is 2. The Kier molecular flexibility index (Phi) is 8.35. The quantitative estimate of drug-likeness (QED) is 0.155. The van der Waals surface area contributed by atoms with Crippen LogP contribution in [0, 0.1) is 11.8 Å². The Hall–Kier alpha value is -4.31. The van der Waals surface area contributed by atoms with Crippen LogP contribution < -0.4 is 11.1 Å². The third-order valence-electron chi connectivity index (χ3n) is 7.81. The number of fused-ring (bicyclic) bond motifs is 2. The summed E-state index contributed by atoms with van der Waals surface area (Å²) in [6.45, 7) is 8.26. The second-order valence-electron chi connectivity index (χ2n) is 12.3. The lowest BCUT2D eigenvalue weighted by molar-refractivity contribution is -0.121. The standard InChI is InChI=1S/C32H35N7O3SSi/c1-44(2,3)16-14-42-20-39-26-6-4-5-24(26)28(37-39)29(30(40)36-32-34-13-15-43-32)38-19-23-11-9-21(17-25(23)31(38)41)7-8-22-10-12-27(33)35-18-22/h9-13,15,17-18,29H,4-6,14,16,19-20H2,1-3H3,(H2,33,35)(H,34,36,40). The zero-order valence-corrected chi connectivity index (χ0v) is 26.9. The number of hydrogen-bond donors (Lipinski definition) is 2. The first kappa shape index (κ1) is 29.7. The third kappa shape index (κ3) is 6.45. The summed E-state index contributed by atoms with van der Waals surface area (Å²) in [5, 5.41) is 10.1. The fraction of sp³-hybridized carbons (Fsp3) is 0.344. The van der Waals surface area contributed by atoms with Crippen molar-refractivity contribution in [2.24, 2.45) is 0 Å². The molecule has 1 aliphatic carbocycles. The average molecular weight is 626 g/mol. The molecule has 0 saturated heterocycles. The molecular weight excluding hydrogens is 591 g/mol. The molecule has 0 radical (unpaired) electrons. The van der Waals surface area contributed by atoms with Crippen LogP contribution in [0.15, 0.2) is 48.1 Å². The van der Waals surface area contributed by atoms with E-state index in [1.165, 1.54) is 11.3 Å². The number of anilines is 2. The van der Waals surface area contributed by atoms with E-state index in [1.807, 2.05) is 16.8 Å². The van der Waals surface area contributed by atoms with Crippen LogP contribution in [-0.2, 0) is 35.6 Å². The zero-order chi connectivity index (χ0) is 30.8. The largest absolute Gasteiger partial charge is 0.384 e. The topological polar surface area (TPSA) is 128 Å². The second kappa shape index (κ2) is 12.4. The molecule has 1 atom stereocenters. The molecule has 0 fully saturated rings. The van der Waals surface area contributed by atoms with Crippen LogP contribution in [0.1, 0.15) is 56.5 Å². The minimum atomic E-state index is -1.23. The molecule has 2 aliphatic rings. The van der Waals surface area contributed by atoms with E-state index in [-0.39, 0.29) is 18.4 Å². The van der Waals surface area contributed by atoms with Gasteiger partial charge < -0.3 is 15.4 Å². The van der Waals surface area contributed by atoms with Gasteiger partial charge in [-0.25, -0.2) is 14.6 Å². The molecule has 0 spiro atoms. The molecule has 226 valence electrons. The fourth-order valence-corrected chi connectivity index (χ4v) is 6.79. The SMILES string of the molecule is C[Si](C)(C)CCOCn1nc(C(C(=O)Nc2nccs2)N2Cc3ccc(C#Cc4ccc(N)nc4)cc3C2=O)c2c1CCC2. The summed E-state index contributed by atoms with van der Waals surface area (Å²) in [6.07, 6.45) is 5.88. The highest BCUT2D eigenvalue weighted by atomic mass is 32.1. The monoisotopic (exact) mass is 625 g/mol. The van der Waals surface area contributed by atoms with Crippen LogP contribution in [0.3, 0.4) is 0 Å². The number of nitrogens with zero attached hydrogens (tertiary/aromatic N) is 5. The number of hydrogen-bond acceptors (Lipinski definition) is 8. The van der Waals surface area contributed by atoms with Gasteiger partial charge in [0.15, 0.2) is 11.2 Å². The molecule has 6 rings (SSSR count). The number of carbonyl (C=O) groups is 2. The first-order valence-electron chi connectivity index (χ1n) is 14.7. The van der Waals surface area contributed by atoms with Crippen molar-refractivity contribution in [3.63, 3.8) is 0 Å². The lowest BCUT2D eigenvalue weighted by Crippen LogP contribution is -2.38. The summed E-state index contributed by atoms with van der Waals surface area (Å²) in [4.78, 5) is 37.9. The van der Waals surface area contributed by atoms with Gasteiger partial charge in [0.2, 0.25) is 0 Å². The number of carbonyl (C=O) groups excluding carboxylic acids is 2. The van der Waals surface area contributed by atoms with Crippen LogP contribution in [0.2, 0.25) is 25.7 Å². The van der Waals surface area contributed by atoms with E-state index < -0.39 is 14.1 Å². The highest BCUT2D eigenvalue weighted by Crippen LogP contribution is 2.37. The van der Waals surface area contributed by atoms with E-state index in [9.17, 15) is 9.59 Å². The number of nitrogens with two attached hydrogens (primary N) is 1. The fourth-order valence-electron chi connectivity index (χ4n) is 5.50. The van der Waals surface area contributed by atoms with Crippen molar-refractivity contribution in [3.05, 3.63) is 87.3 Å². The molecule has 3 aromatic heterocycles. The molecule has 1 unspecified atom stereocenters. The first-order chi connectivity index (χ1) is 21.2. The molecule has 0 bridgehead atoms. The van der Waals surface area contributed by atoms with Gasteiger partial charge in [0.1, 0.15) is 12.5 Å². The van der Waals surface area contributed by atoms with Gasteiger partial charge in [0.25, 0.3) is 11.8 Å². The summed E-state index contributed by atoms with van der Waals surface area (Å²) in [7, 11) is -1.23. The van der Waals surface area contributed by atoms with Crippen LogP contribution in [0.4, 0.5) is 10.9 Å². The van der Waals surface area contributed by atoms with Crippen molar-refractivity contribution in [3.8, 4) is 11.8 Å². The van der Waals surface area contributed by atoms with Crippen LogP contribution in [0.5, 0.6) is 0 Å². The molecule has 44 heavy (non-hydrogen) atoms. The van der Waals surface area contributed by atoms with Gasteiger partial charge in [0, 0.05) is 61.4 Å². The second-order valence-corrected chi connectivity index (χ2v) is 18.8. The van der Waals surface area contributed by atoms with Gasteiger partial charge in [0.05, 0.1) is 5.69 Å². The molecule has 4 heterocycles. The number of pyridine rings is 1. The van der Waals surface area contributed by atoms with Crippen molar-refractivity contribution in [2.45, 2.75) is 64.3 Å². The maximum absolute atomic E-state index is 14.0. The van der Waals surface area contributed by atoms with E-state index in [1.54, 1.807) is 40.9 Å². The molecule has 0 saturated carbocycles. The van der Waals surface area contributed by atoms with Gasteiger partial charge >= 0.3 is 0 Å². The summed E-state index contributed by atoms with van der Waals surface area (Å²) >= 11 is 1.33. The smallest absolute Gasteiger partial charge is 0.255 e. The molecule has 12 heteroatoms. The Morgan fingerprint density at radius 3 is 2.73 bits per heavy atom. The summed E-state index contributed by atoms with van der Waals surface area (Å²) in [5.74, 6) is 6.05. The maximum atomic E-state index is 14.0. The van der Waals surface area contributed by atoms with E-state index in [0.29, 0.717) is 41.1 Å². The summed E-state index contributed by atoms with van der Waals surface area (Å²) in [5.41, 5.74) is 11.2. The lowest BCUT2D eigenvalue weighted by Gasteiger charge is -2.26. The number of aromatic nitrogens is 4. The highest BCUT2D eigenvalue weighted by Gasteiger charge is 2.41. The average Bonchev–Trinajstić information content (AvgIpc) is 3.78. The van der Waals surface area contributed by atoms with Crippen LogP contribution >= 0.6 is 11.3 Å². The van der Waals surface area contributed by atoms with E-state index in [0.717, 1.165) is 47.7 Å². The number of nitrogens with one attached hydrogen (secondary N) is 1. The Morgan fingerprint density at radius 2 is 1.98 bits per heavy atom. The zero-order valence-electron chi connectivity index (χ0n) is 25.1. The number of rotatable bonds is 9. The molecule has 1 aromatic carbocycles. The lowest BCUT2D eigenvalue weighted by atomic mass is 10.1. The third-order valence-corrected chi connectivity index (χ3v) is 10.2. The number of benzene rings is 1. The van der Waals surface area contributed by atoms with E-state index in [4.69, 9.17) is 15.6 Å². The van der Waals surface area contributed by atoms with Crippen molar-refractivity contribution >= 4 is 42.2 Å². The van der Waals surface area contributed by atoms with Crippen LogP contribution in [-0.4, -0.2) is 51.1 Å². The van der Waals surface area contributed by atoms with Crippen molar-refractivity contribution in [1.29, 1.82) is 0 Å². The Balaban J connectivity index is 1.30. The number of nitrogen functional groups attached to an aromatic ring is 1. The molecule has 3 N–H and O–H groups in total. The predicted octanol–water partition coefficient (Wildman–Crippen LogP) is 4.85. The Bertz CT molecular complexity index is 1750. The van der Waals surface area contributed by atoms with E-state index >= 15 is 0 Å². The van der Waals surface area contributed by atoms with Crippen molar-refractivity contribution in [2.75, 3.05) is 17.7 Å². The van der Waals surface area contributed by atoms with Gasteiger partial charge in [-0.15, -0.1) is 11.3 Å². The Labute approximate surface area is 261 Å². The first-order valence-corrected chi connectivity index (χ1v) is 19.3. The molecule has 1 aliphatic heterocycles. The molecular formula is C32H35N7O3SSi. The number of thiazole rings is 1.